The van der Waals surface area contributed by atoms with Crippen molar-refractivity contribution in [3.05, 3.63) is 35.8 Å². The number of nitrogens with two attached hydrogens (primary N) is 1. The average molecular weight is 305 g/mol. The van der Waals surface area contributed by atoms with Crippen molar-refractivity contribution >= 4 is 45.1 Å². The van der Waals surface area contributed by atoms with Gasteiger partial charge in [0.25, 0.3) is 5.67 Å². The van der Waals surface area contributed by atoms with Gasteiger partial charge in [0, 0.05) is 17.3 Å². The Bertz CT molecular complexity index is 731. The van der Waals surface area contributed by atoms with Gasteiger partial charge in [0.2, 0.25) is 0 Å². The second-order valence-electron chi connectivity index (χ2n) is 3.81. The second kappa shape index (κ2) is 6.92. The molecule has 0 spiro atoms. The van der Waals surface area contributed by atoms with Crippen LogP contribution in [-0.4, -0.2) is 20.8 Å². The molecule has 0 aromatic carbocycles. The number of hydrogen-bond acceptors (Lipinski definition) is 4. The molecule has 0 unspecified atom stereocenters. The van der Waals surface area contributed by atoms with E-state index in [0.29, 0.717) is 10.9 Å². The Balaban J connectivity index is 2.40. The Morgan fingerprint density at radius 1 is 1.55 bits per heavy atom. The average Bonchev–Trinajstić information content (AvgIpc) is 2.47. The Hall–Kier alpha value is -2.06. The van der Waals surface area contributed by atoms with E-state index in [1.54, 1.807) is 12.4 Å². The zero-order valence-electron chi connectivity index (χ0n) is 10.5. The van der Waals surface area contributed by atoms with E-state index in [0.717, 1.165) is 27.8 Å². The maximum absolute atomic E-state index is 8.99. The lowest BCUT2D eigenvalue weighted by Gasteiger charge is -2.07. The lowest BCUT2D eigenvalue weighted by atomic mass is 10.1. The largest absolute Gasteiger partial charge is 0.403 e. The third-order valence-corrected chi connectivity index (χ3v) is 3.56. The Morgan fingerprint density at radius 2 is 2.40 bits per heavy atom. The smallest absolute Gasteiger partial charge is 0.267 e. The van der Waals surface area contributed by atoms with Crippen LogP contribution in [0.4, 0.5) is 0 Å². The summed E-state index contributed by atoms with van der Waals surface area (Å²) < 4.78 is 3.77. The minimum Gasteiger partial charge on any atom is -0.267 e. The van der Waals surface area contributed by atoms with Gasteiger partial charge in [-0.1, -0.05) is 6.07 Å². The maximum Gasteiger partial charge on any atom is 0.403 e. The SMILES string of the molecule is N#CCc1c(CSC(N)=[N+]=CCl)ncc2ncccc12. The third-order valence-electron chi connectivity index (χ3n) is 2.64. The number of thioether (sulfide) groups is 1. The predicted octanol–water partition coefficient (Wildman–Crippen LogP) is 1.58. The highest BCUT2D eigenvalue weighted by atomic mass is 35.5. The highest BCUT2D eigenvalue weighted by Gasteiger charge is 2.12. The summed E-state index contributed by atoms with van der Waals surface area (Å²) in [4.78, 5) is 8.61. The zero-order valence-corrected chi connectivity index (χ0v) is 12.0. The topological polar surface area (TPSA) is 89.7 Å². The predicted molar refractivity (Wildman–Crippen MR) is 83.4 cm³/mol. The molecule has 0 amide bonds. The van der Waals surface area contributed by atoms with Crippen molar-refractivity contribution in [1.29, 1.82) is 5.26 Å². The number of fused-ring (bicyclic) bond motifs is 1. The highest BCUT2D eigenvalue weighted by Crippen LogP contribution is 2.22. The van der Waals surface area contributed by atoms with Gasteiger partial charge < -0.3 is 0 Å². The van der Waals surface area contributed by atoms with Crippen molar-refractivity contribution in [3.8, 4) is 6.07 Å². The molecular formula is C13H11ClN5S+. The standard InChI is InChI=1S/C13H10ClN5S/c14-8-19-13(16)20-7-12-10(3-4-15)9-2-1-5-17-11(9)6-18-12/h1-2,5-6,8,16H,3,7H2/p+1. The molecule has 0 atom stereocenters. The van der Waals surface area contributed by atoms with E-state index in [1.165, 1.54) is 11.8 Å². The first-order valence-corrected chi connectivity index (χ1v) is 7.15. The molecule has 0 fully saturated rings. The lowest BCUT2D eigenvalue weighted by molar-refractivity contribution is 1.11. The molecule has 0 saturated heterocycles. The molecule has 2 rings (SSSR count). The Morgan fingerprint density at radius 3 is 3.15 bits per heavy atom. The van der Waals surface area contributed by atoms with Gasteiger partial charge in [-0.15, -0.1) is 0 Å². The molecular weight excluding hydrogens is 294 g/mol. The first kappa shape index (κ1) is 14.4. The van der Waals surface area contributed by atoms with Crippen molar-refractivity contribution in [2.75, 3.05) is 0 Å². The van der Waals surface area contributed by atoms with Crippen molar-refractivity contribution in [2.24, 2.45) is 5.73 Å². The van der Waals surface area contributed by atoms with Gasteiger partial charge in [-0.05, 0) is 35.0 Å². The van der Waals surface area contributed by atoms with Crippen LogP contribution in [0.5, 0.6) is 0 Å². The fourth-order valence-corrected chi connectivity index (χ4v) is 2.60. The number of hydrogen-bond donors (Lipinski definition) is 1. The van der Waals surface area contributed by atoms with Gasteiger partial charge >= 0.3 is 5.17 Å². The van der Waals surface area contributed by atoms with Crippen molar-refractivity contribution in [2.45, 2.75) is 12.2 Å². The van der Waals surface area contributed by atoms with Crippen LogP contribution >= 0.6 is 23.4 Å². The molecule has 20 heavy (non-hydrogen) atoms. The van der Waals surface area contributed by atoms with Crippen molar-refractivity contribution in [3.63, 3.8) is 0 Å². The summed E-state index contributed by atoms with van der Waals surface area (Å²) >= 11 is 6.69. The van der Waals surface area contributed by atoms with Crippen LogP contribution in [0.1, 0.15) is 11.3 Å². The number of rotatable bonds is 3. The number of nitrogens with zero attached hydrogens (tertiary/aromatic N) is 4. The van der Waals surface area contributed by atoms with Gasteiger partial charge in [0.1, 0.15) is 0 Å². The minimum absolute atomic E-state index is 0.282. The van der Waals surface area contributed by atoms with E-state index in [4.69, 9.17) is 22.6 Å². The van der Waals surface area contributed by atoms with Gasteiger partial charge in [-0.3, -0.25) is 15.7 Å². The van der Waals surface area contributed by atoms with Crippen LogP contribution in [0.3, 0.4) is 0 Å². The summed E-state index contributed by atoms with van der Waals surface area (Å²) in [6.07, 6.45) is 3.69. The summed E-state index contributed by atoms with van der Waals surface area (Å²) in [5.74, 6) is 0.530. The molecule has 5 nitrogen and oxygen atoms in total. The molecule has 0 bridgehead atoms. The minimum atomic E-state index is 0.282. The van der Waals surface area contributed by atoms with Crippen LogP contribution in [0.15, 0.2) is 24.5 Å². The molecule has 0 radical (unpaired) electrons. The second-order valence-corrected chi connectivity index (χ2v) is 5.00. The first-order valence-electron chi connectivity index (χ1n) is 5.72. The summed E-state index contributed by atoms with van der Waals surface area (Å²) in [5.41, 5.74) is 9.25. The molecule has 0 aliphatic heterocycles. The summed E-state index contributed by atoms with van der Waals surface area (Å²) in [6, 6.07) is 5.95. The van der Waals surface area contributed by atoms with Crippen LogP contribution in [0, 0.1) is 11.3 Å². The molecule has 7 heteroatoms. The monoisotopic (exact) mass is 304 g/mol. The van der Waals surface area contributed by atoms with E-state index in [1.807, 2.05) is 12.1 Å². The summed E-state index contributed by atoms with van der Waals surface area (Å²) in [6.45, 7) is 0. The molecule has 2 heterocycles. The quantitative estimate of drug-likeness (QED) is 0.528. The number of amidine groups is 1. The van der Waals surface area contributed by atoms with Crippen molar-refractivity contribution < 1.29 is 0 Å². The van der Waals surface area contributed by atoms with Gasteiger partial charge in [-0.25, -0.2) is 0 Å². The summed E-state index contributed by atoms with van der Waals surface area (Å²) in [5, 5.41) is 10.3. The molecule has 2 N–H and O–H groups in total. The Labute approximate surface area is 125 Å². The Kier molecular flexibility index (Phi) is 4.97. The first-order chi connectivity index (χ1) is 9.76. The number of aromatic nitrogens is 2. The highest BCUT2D eigenvalue weighted by molar-refractivity contribution is 8.13. The van der Waals surface area contributed by atoms with Crippen LogP contribution < -0.4 is 10.4 Å². The maximum atomic E-state index is 8.99. The van der Waals surface area contributed by atoms with E-state index in [9.17, 15) is 0 Å². The third kappa shape index (κ3) is 3.28. The van der Waals surface area contributed by atoms with Crippen LogP contribution in [0.25, 0.3) is 10.9 Å². The summed E-state index contributed by atoms with van der Waals surface area (Å²) in [7, 11) is 0. The van der Waals surface area contributed by atoms with Crippen LogP contribution in [-0.2, 0) is 12.2 Å². The molecule has 2 aromatic heterocycles. The fraction of sp³-hybridized carbons (Fsp3) is 0.154. The lowest BCUT2D eigenvalue weighted by Crippen LogP contribution is -2.11. The molecule has 100 valence electrons. The van der Waals surface area contributed by atoms with E-state index >= 15 is 0 Å². The molecule has 0 aliphatic carbocycles. The fourth-order valence-electron chi connectivity index (χ4n) is 1.78. The number of nitriles is 1. The van der Waals surface area contributed by atoms with E-state index in [2.05, 4.69) is 20.7 Å². The molecule has 0 aliphatic rings. The van der Waals surface area contributed by atoms with Crippen LogP contribution in [0.2, 0.25) is 0 Å². The molecule has 2 aromatic rings. The van der Waals surface area contributed by atoms with Crippen molar-refractivity contribution in [1.82, 2.24) is 14.6 Å². The zero-order chi connectivity index (χ0) is 14.4. The van der Waals surface area contributed by atoms with Gasteiger partial charge in [-0.2, -0.15) is 9.93 Å². The van der Waals surface area contributed by atoms with Gasteiger partial charge in [0.05, 0.1) is 29.9 Å². The molecule has 0 saturated carbocycles. The number of pyridine rings is 2. The van der Waals surface area contributed by atoms with E-state index < -0.39 is 0 Å². The normalized spacial score (nSPS) is 9.80. The van der Waals surface area contributed by atoms with Gasteiger partial charge in [0.15, 0.2) is 0 Å². The van der Waals surface area contributed by atoms with E-state index in [-0.39, 0.29) is 6.42 Å². The number of halogens is 1.